The summed E-state index contributed by atoms with van der Waals surface area (Å²) in [4.78, 5) is 0. The van der Waals surface area contributed by atoms with Crippen molar-refractivity contribution in [1.29, 1.82) is 0 Å². The van der Waals surface area contributed by atoms with Crippen molar-refractivity contribution in [3.05, 3.63) is 0 Å². The van der Waals surface area contributed by atoms with Gasteiger partial charge in [-0.2, -0.15) is 0 Å². The second kappa shape index (κ2) is 11.1. The Morgan fingerprint density at radius 1 is 0.840 bits per heavy atom. The summed E-state index contributed by atoms with van der Waals surface area (Å²) in [5.41, 5.74) is 0. The molecule has 0 spiro atoms. The van der Waals surface area contributed by atoms with Crippen LogP contribution >= 0.6 is 0 Å². The Kier molecular flexibility index (Phi) is 11.9. The molecular weight excluding hydrogens is 366 g/mol. The molecule has 0 aromatic rings. The van der Waals surface area contributed by atoms with Crippen molar-refractivity contribution in [3.8, 4) is 0 Å². The Bertz CT molecular complexity index is 416. The molecule has 9 atom stereocenters. The average Bonchev–Trinajstić information content (AvgIpc) is 2.80. The van der Waals surface area contributed by atoms with Crippen LogP contribution in [-0.4, -0.2) is 115 Å². The first-order valence-electron chi connectivity index (χ1n) is 7.05. The average molecular weight is 390 g/mol. The van der Waals surface area contributed by atoms with Gasteiger partial charge < -0.3 is 57.9 Å². The zero-order chi connectivity index (χ0) is 17.4. The molecular formula is C12H24KLiO11. The molecule has 140 valence electrons. The molecule has 2 fully saturated rings. The molecule has 2 saturated heterocycles. The first kappa shape index (κ1) is 26.8. The number of ether oxygens (including phenoxy) is 3. The maximum Gasteiger partial charge on any atom is 1.00 e. The van der Waals surface area contributed by atoms with Gasteiger partial charge in [0.2, 0.25) is 5.79 Å². The van der Waals surface area contributed by atoms with Crippen molar-refractivity contribution in [3.63, 3.8) is 0 Å². The van der Waals surface area contributed by atoms with Gasteiger partial charge in [0, 0.05) is 0 Å². The minimum atomic E-state index is -2.22. The Morgan fingerprint density at radius 2 is 1.40 bits per heavy atom. The summed E-state index contributed by atoms with van der Waals surface area (Å²) in [6.07, 6.45) is -12.7. The van der Waals surface area contributed by atoms with Crippen molar-refractivity contribution < 1.29 is 128 Å². The molecule has 0 aliphatic carbocycles. The standard InChI is InChI=1S/C12H22O11.K.Li.2H/c13-1-4-6(16)8(18)9(19)11(21-4)23-12(3-15)10(20)7(17)5(2-14)22-12;;;;/h4-11,13-20H,1-3H2;;;;/q;2*+1;2*-1/t4-,5-,6-,7-,8+,9-,10+,11-,12+;;;;/m1..../s1. The van der Waals surface area contributed by atoms with E-state index in [9.17, 15) is 30.6 Å². The summed E-state index contributed by atoms with van der Waals surface area (Å²) < 4.78 is 15.4. The number of rotatable bonds is 5. The van der Waals surface area contributed by atoms with Crippen LogP contribution in [0, 0.1) is 0 Å². The summed E-state index contributed by atoms with van der Waals surface area (Å²) >= 11 is 0. The molecule has 8 N–H and O–H groups in total. The molecule has 2 aliphatic heterocycles. The smallest absolute Gasteiger partial charge is 1.00 e. The molecule has 2 rings (SSSR count). The third kappa shape index (κ3) is 5.24. The molecule has 0 unspecified atom stereocenters. The van der Waals surface area contributed by atoms with E-state index >= 15 is 0 Å². The third-order valence-electron chi connectivity index (χ3n) is 4.07. The monoisotopic (exact) mass is 390 g/mol. The Balaban J connectivity index is -0.00000144. The van der Waals surface area contributed by atoms with Crippen LogP contribution in [0.15, 0.2) is 0 Å². The van der Waals surface area contributed by atoms with Crippen LogP contribution in [0.2, 0.25) is 0 Å². The third-order valence-corrected chi connectivity index (χ3v) is 4.07. The maximum absolute atomic E-state index is 10.00. The predicted octanol–water partition coefficient (Wildman–Crippen LogP) is -11.2. The molecule has 2 heterocycles. The van der Waals surface area contributed by atoms with Crippen molar-refractivity contribution in [1.82, 2.24) is 0 Å². The van der Waals surface area contributed by atoms with Gasteiger partial charge in [-0.05, 0) is 0 Å². The molecule has 13 heteroatoms. The summed E-state index contributed by atoms with van der Waals surface area (Å²) in [6, 6.07) is 0. The van der Waals surface area contributed by atoms with E-state index in [1.807, 2.05) is 0 Å². The van der Waals surface area contributed by atoms with Gasteiger partial charge in [0.15, 0.2) is 6.29 Å². The zero-order valence-electron chi connectivity index (χ0n) is 16.0. The van der Waals surface area contributed by atoms with Gasteiger partial charge in [0.25, 0.3) is 0 Å². The normalized spacial score (nSPS) is 47.0. The fourth-order valence-electron chi connectivity index (χ4n) is 2.63. The van der Waals surface area contributed by atoms with E-state index in [-0.39, 0.29) is 73.1 Å². The molecule has 2 aliphatic rings. The van der Waals surface area contributed by atoms with Gasteiger partial charge in [-0.15, -0.1) is 0 Å². The van der Waals surface area contributed by atoms with Crippen molar-refractivity contribution in [2.75, 3.05) is 19.8 Å². The fourth-order valence-corrected chi connectivity index (χ4v) is 2.63. The quantitative estimate of drug-likeness (QED) is 0.208. The molecule has 0 amide bonds. The van der Waals surface area contributed by atoms with Gasteiger partial charge in [-0.25, -0.2) is 0 Å². The van der Waals surface area contributed by atoms with Crippen LogP contribution in [0.5, 0.6) is 0 Å². The fraction of sp³-hybridized carbons (Fsp3) is 1.00. The van der Waals surface area contributed by atoms with Gasteiger partial charge in [-0.3, -0.25) is 0 Å². The van der Waals surface area contributed by atoms with Crippen molar-refractivity contribution in [2.45, 2.75) is 54.8 Å². The summed E-state index contributed by atoms with van der Waals surface area (Å²) in [6.45, 7) is -2.32. The van der Waals surface area contributed by atoms with Crippen LogP contribution in [0.1, 0.15) is 2.85 Å². The number of aliphatic hydroxyl groups is 8. The van der Waals surface area contributed by atoms with Crippen LogP contribution < -0.4 is 70.2 Å². The summed E-state index contributed by atoms with van der Waals surface area (Å²) in [5.74, 6) is -2.22. The van der Waals surface area contributed by atoms with Crippen molar-refractivity contribution >= 4 is 0 Å². The van der Waals surface area contributed by atoms with Crippen LogP contribution in [0.3, 0.4) is 0 Å². The minimum Gasteiger partial charge on any atom is -1.00 e. The van der Waals surface area contributed by atoms with E-state index in [0.29, 0.717) is 0 Å². The van der Waals surface area contributed by atoms with E-state index in [1.54, 1.807) is 0 Å². The van der Waals surface area contributed by atoms with Crippen LogP contribution in [-0.2, 0) is 14.2 Å². The first-order chi connectivity index (χ1) is 10.8. The van der Waals surface area contributed by atoms with E-state index in [4.69, 9.17) is 24.4 Å². The SMILES string of the molecule is OC[C@H]1O[C@@](CO)(O[C@H]2O[C@H](CO)[C@@H](O)[C@H](O)[C@H]2O)[C@@H](O)[C@@H]1O.[H-].[H-].[K+].[Li+]. The molecule has 0 bridgehead atoms. The van der Waals surface area contributed by atoms with E-state index < -0.39 is 74.6 Å². The second-order valence-corrected chi connectivity index (χ2v) is 5.56. The molecule has 25 heavy (non-hydrogen) atoms. The summed E-state index contributed by atoms with van der Waals surface area (Å²) in [5, 5.41) is 76.7. The van der Waals surface area contributed by atoms with E-state index in [0.717, 1.165) is 0 Å². The van der Waals surface area contributed by atoms with Crippen LogP contribution in [0.4, 0.5) is 0 Å². The van der Waals surface area contributed by atoms with Crippen LogP contribution in [0.25, 0.3) is 0 Å². The maximum atomic E-state index is 10.00. The Labute approximate surface area is 201 Å². The number of aliphatic hydroxyl groups excluding tert-OH is 8. The molecule has 0 saturated carbocycles. The first-order valence-corrected chi connectivity index (χ1v) is 7.05. The molecule has 0 aromatic carbocycles. The minimum absolute atomic E-state index is 0. The molecule has 0 aromatic heterocycles. The van der Waals surface area contributed by atoms with Gasteiger partial charge in [0.05, 0.1) is 13.2 Å². The Morgan fingerprint density at radius 3 is 1.84 bits per heavy atom. The van der Waals surface area contributed by atoms with E-state index in [2.05, 4.69) is 0 Å². The van der Waals surface area contributed by atoms with Gasteiger partial charge in [-0.1, -0.05) is 0 Å². The number of hydrogen-bond donors (Lipinski definition) is 8. The largest absolute Gasteiger partial charge is 1.00 e. The second-order valence-electron chi connectivity index (χ2n) is 5.56. The molecule has 11 nitrogen and oxygen atoms in total. The van der Waals surface area contributed by atoms with Gasteiger partial charge in [0.1, 0.15) is 49.3 Å². The topological polar surface area (TPSA) is 190 Å². The summed E-state index contributed by atoms with van der Waals surface area (Å²) in [7, 11) is 0. The van der Waals surface area contributed by atoms with Gasteiger partial charge >= 0.3 is 70.2 Å². The predicted molar refractivity (Wildman–Crippen MR) is 70.9 cm³/mol. The molecule has 0 radical (unpaired) electrons. The zero-order valence-corrected chi connectivity index (χ0v) is 17.2. The number of hydrogen-bond acceptors (Lipinski definition) is 11. The van der Waals surface area contributed by atoms with E-state index in [1.165, 1.54) is 0 Å². The van der Waals surface area contributed by atoms with Crippen molar-refractivity contribution in [2.24, 2.45) is 0 Å². The Hall–Kier alpha value is 1.79.